The highest BCUT2D eigenvalue weighted by atomic mass is 35.5. The summed E-state index contributed by atoms with van der Waals surface area (Å²) >= 11 is 12.4. The fraction of sp³-hybridized carbons (Fsp3) is 0.0952. The molecule has 0 aliphatic rings. The van der Waals surface area contributed by atoms with E-state index in [-0.39, 0.29) is 11.5 Å². The largest absolute Gasteiger partial charge is 0.378 e. The van der Waals surface area contributed by atoms with Crippen molar-refractivity contribution in [2.45, 2.75) is 0 Å². The van der Waals surface area contributed by atoms with E-state index in [9.17, 15) is 10.1 Å². The Morgan fingerprint density at radius 2 is 1.82 bits per heavy atom. The zero-order valence-corrected chi connectivity index (χ0v) is 18.6. The predicted octanol–water partition coefficient (Wildman–Crippen LogP) is 4.85. The number of halogens is 2. The van der Waals surface area contributed by atoms with Crippen molar-refractivity contribution in [1.82, 2.24) is 19.9 Å². The number of aromatic amines is 1. The van der Waals surface area contributed by atoms with Crippen LogP contribution in [0.25, 0.3) is 22.6 Å². The van der Waals surface area contributed by atoms with E-state index in [1.165, 1.54) is 12.1 Å². The molecular formula is C21H18Cl2N8O2. The SMILES string of the molecule is Nc1nc(NCCNc2nc(-c3ccc(Cl)cc3Cl)ccc2-c2ncc[nH]2)ccc1[N+](=O)[O-]. The van der Waals surface area contributed by atoms with Crippen molar-refractivity contribution in [2.24, 2.45) is 0 Å². The van der Waals surface area contributed by atoms with E-state index in [1.807, 2.05) is 18.2 Å². The molecule has 0 spiro atoms. The Balaban J connectivity index is 1.51. The third-order valence-corrected chi connectivity index (χ3v) is 5.23. The first-order valence-corrected chi connectivity index (χ1v) is 10.5. The van der Waals surface area contributed by atoms with Crippen molar-refractivity contribution in [1.29, 1.82) is 0 Å². The van der Waals surface area contributed by atoms with E-state index < -0.39 is 4.92 Å². The number of nitrogens with zero attached hydrogens (tertiary/aromatic N) is 4. The Bertz CT molecular complexity index is 1300. The second-order valence-electron chi connectivity index (χ2n) is 6.87. The molecule has 3 aromatic heterocycles. The van der Waals surface area contributed by atoms with Gasteiger partial charge in [-0.3, -0.25) is 10.1 Å². The first-order chi connectivity index (χ1) is 15.9. The van der Waals surface area contributed by atoms with Crippen LogP contribution in [0.4, 0.5) is 23.1 Å². The minimum atomic E-state index is -0.574. The second-order valence-corrected chi connectivity index (χ2v) is 7.71. The molecule has 0 unspecified atom stereocenters. The fourth-order valence-corrected chi connectivity index (χ4v) is 3.64. The maximum absolute atomic E-state index is 10.9. The summed E-state index contributed by atoms with van der Waals surface area (Å²) in [6.45, 7) is 0.923. The number of anilines is 3. The average molecular weight is 485 g/mol. The van der Waals surface area contributed by atoms with Gasteiger partial charge in [0.15, 0.2) is 0 Å². The smallest absolute Gasteiger partial charge is 0.311 e. The quantitative estimate of drug-likeness (QED) is 0.157. The lowest BCUT2D eigenvalue weighted by molar-refractivity contribution is -0.384. The van der Waals surface area contributed by atoms with E-state index in [0.29, 0.717) is 46.3 Å². The Hall–Kier alpha value is -3.89. The number of pyridine rings is 2. The van der Waals surface area contributed by atoms with Gasteiger partial charge in [0.2, 0.25) is 5.82 Å². The van der Waals surface area contributed by atoms with Gasteiger partial charge in [0.1, 0.15) is 17.5 Å². The molecule has 3 heterocycles. The maximum Gasteiger partial charge on any atom is 0.311 e. The lowest BCUT2D eigenvalue weighted by atomic mass is 10.1. The van der Waals surface area contributed by atoms with Gasteiger partial charge >= 0.3 is 5.69 Å². The van der Waals surface area contributed by atoms with Crippen molar-refractivity contribution < 1.29 is 4.92 Å². The zero-order valence-electron chi connectivity index (χ0n) is 17.0. The number of nitrogens with two attached hydrogens (primary N) is 1. The Labute approximate surface area is 198 Å². The van der Waals surface area contributed by atoms with Gasteiger partial charge in [0.05, 0.1) is 21.2 Å². The third-order valence-electron chi connectivity index (χ3n) is 4.68. The van der Waals surface area contributed by atoms with Crippen LogP contribution < -0.4 is 16.4 Å². The van der Waals surface area contributed by atoms with Crippen LogP contribution in [0, 0.1) is 10.1 Å². The summed E-state index contributed by atoms with van der Waals surface area (Å²) in [6, 6.07) is 11.8. The van der Waals surface area contributed by atoms with Gasteiger partial charge in [0.25, 0.3) is 0 Å². The molecule has 168 valence electrons. The van der Waals surface area contributed by atoms with Gasteiger partial charge in [-0.2, -0.15) is 0 Å². The number of imidazole rings is 1. The third kappa shape index (κ3) is 5.13. The molecule has 0 atom stereocenters. The van der Waals surface area contributed by atoms with Crippen LogP contribution >= 0.6 is 23.2 Å². The number of hydrogen-bond acceptors (Lipinski definition) is 8. The van der Waals surface area contributed by atoms with Gasteiger partial charge in [-0.05, 0) is 36.4 Å². The van der Waals surface area contributed by atoms with Crippen LogP contribution in [0.3, 0.4) is 0 Å². The summed E-state index contributed by atoms with van der Waals surface area (Å²) in [7, 11) is 0. The summed E-state index contributed by atoms with van der Waals surface area (Å²) in [4.78, 5) is 26.4. The zero-order chi connectivity index (χ0) is 23.4. The Morgan fingerprint density at radius 3 is 2.52 bits per heavy atom. The van der Waals surface area contributed by atoms with Crippen LogP contribution in [0.5, 0.6) is 0 Å². The van der Waals surface area contributed by atoms with Crippen LogP contribution in [0.1, 0.15) is 0 Å². The monoisotopic (exact) mass is 484 g/mol. The number of benzene rings is 1. The lowest BCUT2D eigenvalue weighted by Gasteiger charge is -2.13. The number of nitrogens with one attached hydrogen (secondary N) is 3. The normalized spacial score (nSPS) is 10.7. The minimum absolute atomic E-state index is 0.146. The fourth-order valence-electron chi connectivity index (χ4n) is 3.14. The van der Waals surface area contributed by atoms with Crippen LogP contribution in [-0.2, 0) is 0 Å². The Kier molecular flexibility index (Phi) is 6.57. The molecule has 1 aromatic carbocycles. The van der Waals surface area contributed by atoms with Crippen molar-refractivity contribution in [3.05, 3.63) is 75.0 Å². The molecular weight excluding hydrogens is 467 g/mol. The molecule has 5 N–H and O–H groups in total. The number of nitro groups is 1. The highest BCUT2D eigenvalue weighted by molar-refractivity contribution is 6.36. The molecule has 0 bridgehead atoms. The number of hydrogen-bond donors (Lipinski definition) is 4. The molecule has 0 aliphatic carbocycles. The number of rotatable bonds is 8. The van der Waals surface area contributed by atoms with Gasteiger partial charge in [-0.15, -0.1) is 0 Å². The van der Waals surface area contributed by atoms with Crippen molar-refractivity contribution in [2.75, 3.05) is 29.5 Å². The maximum atomic E-state index is 10.9. The summed E-state index contributed by atoms with van der Waals surface area (Å²) in [5, 5.41) is 18.3. The molecule has 12 heteroatoms. The van der Waals surface area contributed by atoms with Gasteiger partial charge in [-0.25, -0.2) is 15.0 Å². The summed E-state index contributed by atoms with van der Waals surface area (Å²) < 4.78 is 0. The van der Waals surface area contributed by atoms with Gasteiger partial charge in [-0.1, -0.05) is 23.2 Å². The second kappa shape index (κ2) is 9.72. The number of H-pyrrole nitrogens is 1. The molecule has 0 radical (unpaired) electrons. The standard InChI is InChI=1S/C21H18Cl2N8O2/c22-12-1-2-13(15(23)11-12)16-4-3-14(20-26-9-10-27-20)21(29-16)28-8-7-25-18-6-5-17(31(32)33)19(24)30-18/h1-6,9-11H,7-8H2,(H,26,27)(H,28,29)(H3,24,25,30). The molecule has 4 aromatic rings. The topological polar surface area (TPSA) is 148 Å². The number of nitrogen functional groups attached to an aromatic ring is 1. The van der Waals surface area contributed by atoms with Crippen LogP contribution in [0.2, 0.25) is 10.0 Å². The van der Waals surface area contributed by atoms with Gasteiger partial charge < -0.3 is 21.4 Å². The molecule has 0 aliphatic heterocycles. The Morgan fingerprint density at radius 1 is 1.03 bits per heavy atom. The first-order valence-electron chi connectivity index (χ1n) is 9.77. The van der Waals surface area contributed by atoms with Crippen molar-refractivity contribution in [3.63, 3.8) is 0 Å². The molecule has 0 saturated carbocycles. The van der Waals surface area contributed by atoms with Crippen LogP contribution in [-0.4, -0.2) is 37.9 Å². The van der Waals surface area contributed by atoms with E-state index in [0.717, 1.165) is 11.1 Å². The highest BCUT2D eigenvalue weighted by Crippen LogP contribution is 2.32. The summed E-state index contributed by atoms with van der Waals surface area (Å²) in [5.41, 5.74) is 7.61. The molecule has 0 amide bonds. The molecule has 0 saturated heterocycles. The van der Waals surface area contributed by atoms with E-state index in [2.05, 4.69) is 25.6 Å². The van der Waals surface area contributed by atoms with E-state index in [4.69, 9.17) is 33.9 Å². The molecule has 33 heavy (non-hydrogen) atoms. The average Bonchev–Trinajstić information content (AvgIpc) is 3.31. The number of aromatic nitrogens is 4. The summed E-state index contributed by atoms with van der Waals surface area (Å²) in [6.07, 6.45) is 3.39. The lowest BCUT2D eigenvalue weighted by Crippen LogP contribution is -2.16. The predicted molar refractivity (Wildman–Crippen MR) is 130 cm³/mol. The van der Waals surface area contributed by atoms with Gasteiger partial charge in [0, 0.05) is 42.1 Å². The molecule has 10 nitrogen and oxygen atoms in total. The summed E-state index contributed by atoms with van der Waals surface area (Å²) in [5.74, 6) is 1.55. The minimum Gasteiger partial charge on any atom is -0.378 e. The van der Waals surface area contributed by atoms with E-state index >= 15 is 0 Å². The van der Waals surface area contributed by atoms with Crippen molar-refractivity contribution in [3.8, 4) is 22.6 Å². The first kappa shape index (κ1) is 22.3. The van der Waals surface area contributed by atoms with Crippen molar-refractivity contribution >= 4 is 46.3 Å². The molecule has 0 fully saturated rings. The van der Waals surface area contributed by atoms with E-state index in [1.54, 1.807) is 24.5 Å². The van der Waals surface area contributed by atoms with Crippen LogP contribution in [0.15, 0.2) is 54.9 Å². The molecule has 4 rings (SSSR count). The highest BCUT2D eigenvalue weighted by Gasteiger charge is 2.14.